The minimum atomic E-state index is -3.51. The first-order valence-electron chi connectivity index (χ1n) is 8.62. The van der Waals surface area contributed by atoms with Crippen LogP contribution in [0.2, 0.25) is 0 Å². The molecule has 1 aromatic heterocycles. The van der Waals surface area contributed by atoms with Crippen molar-refractivity contribution in [3.63, 3.8) is 0 Å². The highest BCUT2D eigenvalue weighted by atomic mass is 79.9. The lowest BCUT2D eigenvalue weighted by Gasteiger charge is -2.31. The maximum atomic E-state index is 12.9. The van der Waals surface area contributed by atoms with Crippen molar-refractivity contribution < 1.29 is 22.7 Å². The number of benzene rings is 1. The number of rotatable bonds is 4. The summed E-state index contributed by atoms with van der Waals surface area (Å²) in [4.78, 5) is 29.3. The number of thiazole rings is 1. The van der Waals surface area contributed by atoms with Crippen LogP contribution in [0.4, 0.5) is 0 Å². The number of carbonyl (C=O) groups excluding carboxylic acids is 2. The van der Waals surface area contributed by atoms with Gasteiger partial charge in [0.1, 0.15) is 12.6 Å². The molecule has 0 saturated carbocycles. The third-order valence-corrected chi connectivity index (χ3v) is 7.35. The van der Waals surface area contributed by atoms with Crippen molar-refractivity contribution in [2.45, 2.75) is 31.8 Å². The summed E-state index contributed by atoms with van der Waals surface area (Å²) >= 11 is 4.67. The van der Waals surface area contributed by atoms with Crippen LogP contribution in [-0.4, -0.2) is 55.1 Å². The zero-order valence-corrected chi connectivity index (χ0v) is 18.6. The van der Waals surface area contributed by atoms with Gasteiger partial charge in [-0.3, -0.25) is 9.59 Å². The van der Waals surface area contributed by atoms with Gasteiger partial charge in [0.05, 0.1) is 23.6 Å². The molecule has 1 amide bonds. The molecule has 152 valence electrons. The van der Waals surface area contributed by atoms with Crippen LogP contribution in [0.3, 0.4) is 0 Å². The number of amides is 1. The van der Waals surface area contributed by atoms with E-state index in [4.69, 9.17) is 4.74 Å². The Morgan fingerprint density at radius 2 is 2.11 bits per heavy atom. The molecule has 1 unspecified atom stereocenters. The molecule has 1 atom stereocenters. The zero-order chi connectivity index (χ0) is 20.5. The number of esters is 1. The summed E-state index contributed by atoms with van der Waals surface area (Å²) in [5.74, 6) is -0.985. The Labute approximate surface area is 175 Å². The van der Waals surface area contributed by atoms with E-state index in [1.165, 1.54) is 22.8 Å². The molecular weight excluding hydrogens is 470 g/mol. The predicted octanol–water partition coefficient (Wildman–Crippen LogP) is 1.88. The highest BCUT2D eigenvalue weighted by Crippen LogP contribution is 2.23. The maximum absolute atomic E-state index is 12.9. The fourth-order valence-electron chi connectivity index (χ4n) is 3.20. The Bertz CT molecular complexity index is 1090. The number of methoxy groups -OCH3 is 1. The number of piperidine rings is 1. The van der Waals surface area contributed by atoms with Crippen molar-refractivity contribution in [2.75, 3.05) is 19.9 Å². The molecule has 0 radical (unpaired) electrons. The minimum Gasteiger partial charge on any atom is -0.468 e. The van der Waals surface area contributed by atoms with Gasteiger partial charge in [0.2, 0.25) is 10.0 Å². The van der Waals surface area contributed by atoms with E-state index in [-0.39, 0.29) is 6.54 Å². The number of sulfonamides is 1. The van der Waals surface area contributed by atoms with E-state index in [0.29, 0.717) is 17.8 Å². The van der Waals surface area contributed by atoms with Crippen LogP contribution >= 0.6 is 27.3 Å². The number of nitrogens with zero attached hydrogens (tertiary/aromatic N) is 3. The monoisotopic (exact) mass is 489 g/mol. The smallest absolute Gasteiger partial charge is 0.325 e. The molecule has 1 aliphatic heterocycles. The molecule has 0 spiro atoms. The maximum Gasteiger partial charge on any atom is 0.325 e. The summed E-state index contributed by atoms with van der Waals surface area (Å²) < 4.78 is 33.4. The molecule has 1 aromatic carbocycles. The van der Waals surface area contributed by atoms with E-state index in [1.54, 1.807) is 4.57 Å². The number of aromatic nitrogens is 1. The molecule has 3 rings (SSSR count). The largest absolute Gasteiger partial charge is 0.468 e. The average molecular weight is 490 g/mol. The van der Waals surface area contributed by atoms with Crippen LogP contribution in [0.5, 0.6) is 0 Å². The highest BCUT2D eigenvalue weighted by molar-refractivity contribution is 9.10. The normalized spacial score (nSPS) is 19.1. The standard InChI is InChI=1S/C17H20BrN3O5S2/c1-26-15(22)10-20-12-7-6-11(18)9-14(12)27-17(20)19-16(23)13-5-3-4-8-21(13)28(2,24)25/h6-7,9,13H,3-5,8,10H2,1-2H3. The van der Waals surface area contributed by atoms with Crippen LogP contribution in [0.1, 0.15) is 19.3 Å². The van der Waals surface area contributed by atoms with E-state index in [9.17, 15) is 18.0 Å². The van der Waals surface area contributed by atoms with Gasteiger partial charge in [-0.1, -0.05) is 33.7 Å². The molecule has 28 heavy (non-hydrogen) atoms. The number of carbonyl (C=O) groups is 2. The molecule has 1 aliphatic rings. The van der Waals surface area contributed by atoms with Gasteiger partial charge in [-0.25, -0.2) is 8.42 Å². The molecule has 1 saturated heterocycles. The fourth-order valence-corrected chi connectivity index (χ4v) is 5.90. The Morgan fingerprint density at radius 3 is 2.79 bits per heavy atom. The van der Waals surface area contributed by atoms with Gasteiger partial charge in [0, 0.05) is 11.0 Å². The Kier molecular flexibility index (Phi) is 6.37. The quantitative estimate of drug-likeness (QED) is 0.610. The van der Waals surface area contributed by atoms with Gasteiger partial charge in [0.25, 0.3) is 5.91 Å². The van der Waals surface area contributed by atoms with Gasteiger partial charge >= 0.3 is 5.97 Å². The van der Waals surface area contributed by atoms with E-state index in [2.05, 4.69) is 20.9 Å². The van der Waals surface area contributed by atoms with Gasteiger partial charge in [-0.2, -0.15) is 9.30 Å². The number of hydrogen-bond acceptors (Lipinski definition) is 6. The summed E-state index contributed by atoms with van der Waals surface area (Å²) in [6.07, 6.45) is 3.02. The lowest BCUT2D eigenvalue weighted by molar-refractivity contribution is -0.141. The van der Waals surface area contributed by atoms with Crippen molar-refractivity contribution in [3.8, 4) is 0 Å². The summed E-state index contributed by atoms with van der Waals surface area (Å²) in [6.45, 7) is 0.219. The van der Waals surface area contributed by atoms with E-state index >= 15 is 0 Å². The lowest BCUT2D eigenvalue weighted by Crippen LogP contribution is -2.47. The number of halogens is 1. The lowest BCUT2D eigenvalue weighted by atomic mass is 10.0. The number of fused-ring (bicyclic) bond motifs is 1. The first-order chi connectivity index (χ1) is 13.2. The summed E-state index contributed by atoms with van der Waals surface area (Å²) in [7, 11) is -2.21. The van der Waals surface area contributed by atoms with Crippen LogP contribution < -0.4 is 4.80 Å². The topological polar surface area (TPSA) is 98.0 Å². The number of hydrogen-bond donors (Lipinski definition) is 0. The van der Waals surface area contributed by atoms with Gasteiger partial charge in [-0.05, 0) is 31.0 Å². The molecule has 2 aromatic rings. The van der Waals surface area contributed by atoms with Crippen LogP contribution in [0.15, 0.2) is 27.7 Å². The highest BCUT2D eigenvalue weighted by Gasteiger charge is 2.34. The Hall–Kier alpha value is -1.56. The van der Waals surface area contributed by atoms with Crippen molar-refractivity contribution in [1.29, 1.82) is 0 Å². The third kappa shape index (κ3) is 4.53. The molecule has 0 bridgehead atoms. The van der Waals surface area contributed by atoms with Gasteiger partial charge in [0.15, 0.2) is 4.80 Å². The van der Waals surface area contributed by atoms with Crippen molar-refractivity contribution in [2.24, 2.45) is 4.99 Å². The van der Waals surface area contributed by atoms with E-state index < -0.39 is 27.9 Å². The molecule has 0 N–H and O–H groups in total. The van der Waals surface area contributed by atoms with Gasteiger partial charge in [-0.15, -0.1) is 0 Å². The zero-order valence-electron chi connectivity index (χ0n) is 15.4. The third-order valence-electron chi connectivity index (χ3n) is 4.53. The SMILES string of the molecule is COC(=O)Cn1c(=NC(=O)C2CCCCN2S(C)(=O)=O)sc2cc(Br)ccc21. The molecule has 0 aliphatic carbocycles. The second-order valence-electron chi connectivity index (χ2n) is 6.49. The van der Waals surface area contributed by atoms with Gasteiger partial charge < -0.3 is 9.30 Å². The summed E-state index contributed by atoms with van der Waals surface area (Å²) in [5.41, 5.74) is 0.744. The fraction of sp³-hybridized carbons (Fsp3) is 0.471. The van der Waals surface area contributed by atoms with Crippen molar-refractivity contribution in [1.82, 2.24) is 8.87 Å². The van der Waals surface area contributed by atoms with Crippen LogP contribution in [0, 0.1) is 0 Å². The van der Waals surface area contributed by atoms with Crippen molar-refractivity contribution in [3.05, 3.63) is 27.5 Å². The summed E-state index contributed by atoms with van der Waals surface area (Å²) in [6, 6.07) is 4.72. The Morgan fingerprint density at radius 1 is 1.36 bits per heavy atom. The van der Waals surface area contributed by atoms with Crippen LogP contribution in [0.25, 0.3) is 10.2 Å². The predicted molar refractivity (Wildman–Crippen MR) is 109 cm³/mol. The minimum absolute atomic E-state index is 0.0926. The first-order valence-corrected chi connectivity index (χ1v) is 12.1. The first kappa shape index (κ1) is 21.2. The number of ether oxygens (including phenoxy) is 1. The molecule has 11 heteroatoms. The summed E-state index contributed by atoms with van der Waals surface area (Å²) in [5, 5.41) is 0. The second kappa shape index (κ2) is 8.44. The Balaban J connectivity index is 2.08. The average Bonchev–Trinajstić information content (AvgIpc) is 2.96. The molecular formula is C17H20BrN3O5S2. The molecule has 1 fully saturated rings. The van der Waals surface area contributed by atoms with Crippen molar-refractivity contribution >= 4 is 59.4 Å². The van der Waals surface area contributed by atoms with E-state index in [1.807, 2.05) is 18.2 Å². The molecule has 8 nitrogen and oxygen atoms in total. The molecule has 2 heterocycles. The van der Waals surface area contributed by atoms with E-state index in [0.717, 1.165) is 33.8 Å². The van der Waals surface area contributed by atoms with Crippen LogP contribution in [-0.2, 0) is 30.9 Å². The second-order valence-corrected chi connectivity index (χ2v) is 10.4.